The Morgan fingerprint density at radius 3 is 2.25 bits per heavy atom. The van der Waals surface area contributed by atoms with Crippen LogP contribution in [0.15, 0.2) is 0 Å². The van der Waals surface area contributed by atoms with Crippen molar-refractivity contribution in [3.8, 4) is 0 Å². The van der Waals surface area contributed by atoms with Crippen LogP contribution >= 0.6 is 0 Å². The van der Waals surface area contributed by atoms with Crippen molar-refractivity contribution in [2.24, 2.45) is 11.8 Å². The van der Waals surface area contributed by atoms with Crippen LogP contribution in [-0.2, 0) is 4.74 Å². The Labute approximate surface area is 50.0 Å². The first kappa shape index (κ1) is 4.80. The van der Waals surface area contributed by atoms with Gasteiger partial charge in [-0.25, -0.2) is 0 Å². The number of ether oxygens (including phenoxy) is 1. The molecular weight excluding hydrogens is 100 g/mol. The molecule has 2 aliphatic carbocycles. The van der Waals surface area contributed by atoms with Crippen molar-refractivity contribution in [1.82, 2.24) is 0 Å². The van der Waals surface area contributed by atoms with E-state index in [1.165, 1.54) is 19.3 Å². The van der Waals surface area contributed by atoms with Crippen molar-refractivity contribution >= 4 is 0 Å². The van der Waals surface area contributed by atoms with Crippen molar-refractivity contribution < 1.29 is 4.74 Å². The Kier molecular flexibility index (Phi) is 0.884. The summed E-state index contributed by atoms with van der Waals surface area (Å²) in [5, 5.41) is 0. The molecule has 0 aromatic rings. The van der Waals surface area contributed by atoms with Crippen LogP contribution in [0.1, 0.15) is 19.3 Å². The third-order valence-corrected chi connectivity index (χ3v) is 2.60. The van der Waals surface area contributed by atoms with E-state index in [2.05, 4.69) is 0 Å². The maximum Gasteiger partial charge on any atom is 0.0634 e. The standard InChI is InChI=1S/C7H12O/c1-8-7-5-3-2-4-6(5)7/h5-7H,2-4H2,1H3/t5-,6+,7?. The summed E-state index contributed by atoms with van der Waals surface area (Å²) in [6, 6.07) is 0. The van der Waals surface area contributed by atoms with Gasteiger partial charge in [0.05, 0.1) is 6.10 Å². The quantitative estimate of drug-likeness (QED) is 0.498. The number of methoxy groups -OCH3 is 1. The molecule has 0 spiro atoms. The van der Waals surface area contributed by atoms with Crippen LogP contribution < -0.4 is 0 Å². The largest absolute Gasteiger partial charge is 0.381 e. The summed E-state index contributed by atoms with van der Waals surface area (Å²) in [7, 11) is 1.84. The fourth-order valence-electron chi connectivity index (χ4n) is 2.11. The van der Waals surface area contributed by atoms with E-state index in [4.69, 9.17) is 4.74 Å². The highest BCUT2D eigenvalue weighted by atomic mass is 16.5. The minimum Gasteiger partial charge on any atom is -0.381 e. The third kappa shape index (κ3) is 0.455. The van der Waals surface area contributed by atoms with E-state index in [1.807, 2.05) is 7.11 Å². The molecule has 0 aromatic carbocycles. The van der Waals surface area contributed by atoms with Crippen molar-refractivity contribution in [1.29, 1.82) is 0 Å². The topological polar surface area (TPSA) is 9.23 Å². The molecule has 2 rings (SSSR count). The molecule has 8 heavy (non-hydrogen) atoms. The zero-order valence-corrected chi connectivity index (χ0v) is 5.26. The summed E-state index contributed by atoms with van der Waals surface area (Å²) in [6.45, 7) is 0. The van der Waals surface area contributed by atoms with E-state index in [0.717, 1.165) is 11.8 Å². The van der Waals surface area contributed by atoms with Crippen LogP contribution in [0.3, 0.4) is 0 Å². The van der Waals surface area contributed by atoms with Crippen LogP contribution in [0, 0.1) is 11.8 Å². The molecule has 2 saturated carbocycles. The lowest BCUT2D eigenvalue weighted by Gasteiger charge is -1.96. The molecule has 3 atom stereocenters. The molecule has 1 heteroatoms. The monoisotopic (exact) mass is 112 g/mol. The zero-order valence-electron chi connectivity index (χ0n) is 5.26. The molecule has 0 aliphatic heterocycles. The van der Waals surface area contributed by atoms with Gasteiger partial charge in [-0.15, -0.1) is 0 Å². The third-order valence-electron chi connectivity index (χ3n) is 2.60. The first-order chi connectivity index (χ1) is 3.93. The Hall–Kier alpha value is -0.0400. The molecule has 2 aliphatic rings. The molecule has 0 bridgehead atoms. The Morgan fingerprint density at radius 1 is 1.25 bits per heavy atom. The van der Waals surface area contributed by atoms with E-state index in [-0.39, 0.29) is 0 Å². The van der Waals surface area contributed by atoms with Crippen LogP contribution in [0.25, 0.3) is 0 Å². The van der Waals surface area contributed by atoms with Gasteiger partial charge in [-0.2, -0.15) is 0 Å². The number of fused-ring (bicyclic) bond motifs is 1. The normalized spacial score (nSPS) is 51.4. The molecule has 1 nitrogen and oxygen atoms in total. The lowest BCUT2D eigenvalue weighted by Crippen LogP contribution is -1.94. The summed E-state index contributed by atoms with van der Waals surface area (Å²) < 4.78 is 5.23. The molecule has 2 fully saturated rings. The van der Waals surface area contributed by atoms with Crippen molar-refractivity contribution in [3.63, 3.8) is 0 Å². The van der Waals surface area contributed by atoms with Gasteiger partial charge in [0.25, 0.3) is 0 Å². The molecule has 0 heterocycles. The molecule has 1 unspecified atom stereocenters. The van der Waals surface area contributed by atoms with Gasteiger partial charge < -0.3 is 4.74 Å². The van der Waals surface area contributed by atoms with Gasteiger partial charge in [-0.05, 0) is 24.7 Å². The number of hydrogen-bond acceptors (Lipinski definition) is 1. The minimum atomic E-state index is 0.670. The van der Waals surface area contributed by atoms with Crippen molar-refractivity contribution in [3.05, 3.63) is 0 Å². The van der Waals surface area contributed by atoms with E-state index in [0.29, 0.717) is 6.10 Å². The van der Waals surface area contributed by atoms with E-state index in [1.54, 1.807) is 0 Å². The second kappa shape index (κ2) is 1.47. The van der Waals surface area contributed by atoms with Gasteiger partial charge in [-0.1, -0.05) is 6.42 Å². The maximum atomic E-state index is 5.23. The lowest BCUT2D eigenvalue weighted by atomic mass is 10.2. The summed E-state index contributed by atoms with van der Waals surface area (Å²) in [5.74, 6) is 1.94. The predicted octanol–water partition coefficient (Wildman–Crippen LogP) is 1.43. The Morgan fingerprint density at radius 2 is 1.88 bits per heavy atom. The van der Waals surface area contributed by atoms with Crippen LogP contribution in [-0.4, -0.2) is 13.2 Å². The smallest absolute Gasteiger partial charge is 0.0634 e. The highest BCUT2D eigenvalue weighted by Gasteiger charge is 2.52. The van der Waals surface area contributed by atoms with Crippen molar-refractivity contribution in [2.45, 2.75) is 25.4 Å². The van der Waals surface area contributed by atoms with Crippen LogP contribution in [0.4, 0.5) is 0 Å². The average Bonchev–Trinajstić information content (AvgIpc) is 2.22. The summed E-state index contributed by atoms with van der Waals surface area (Å²) in [4.78, 5) is 0. The summed E-state index contributed by atoms with van der Waals surface area (Å²) in [5.41, 5.74) is 0. The average molecular weight is 112 g/mol. The van der Waals surface area contributed by atoms with Gasteiger partial charge in [0.1, 0.15) is 0 Å². The lowest BCUT2D eigenvalue weighted by molar-refractivity contribution is 0.151. The molecular formula is C7H12O. The second-order valence-electron chi connectivity index (χ2n) is 2.96. The highest BCUT2D eigenvalue weighted by molar-refractivity contribution is 5.02. The molecule has 0 N–H and O–H groups in total. The molecule has 0 radical (unpaired) electrons. The first-order valence-corrected chi connectivity index (χ1v) is 3.46. The predicted molar refractivity (Wildman–Crippen MR) is 31.6 cm³/mol. The van der Waals surface area contributed by atoms with Gasteiger partial charge in [0, 0.05) is 7.11 Å². The summed E-state index contributed by atoms with van der Waals surface area (Å²) >= 11 is 0. The Bertz CT molecular complexity index is 83.8. The molecule has 46 valence electrons. The fraction of sp³-hybridized carbons (Fsp3) is 1.00. The van der Waals surface area contributed by atoms with Gasteiger partial charge in [-0.3, -0.25) is 0 Å². The highest BCUT2D eigenvalue weighted by Crippen LogP contribution is 2.53. The van der Waals surface area contributed by atoms with Crippen LogP contribution in [0.2, 0.25) is 0 Å². The van der Waals surface area contributed by atoms with Gasteiger partial charge in [0.15, 0.2) is 0 Å². The van der Waals surface area contributed by atoms with Gasteiger partial charge >= 0.3 is 0 Å². The van der Waals surface area contributed by atoms with Crippen molar-refractivity contribution in [2.75, 3.05) is 7.11 Å². The van der Waals surface area contributed by atoms with E-state index < -0.39 is 0 Å². The SMILES string of the molecule is COC1[C@H]2CCC[C@@H]12. The minimum absolute atomic E-state index is 0.670. The van der Waals surface area contributed by atoms with E-state index >= 15 is 0 Å². The number of rotatable bonds is 1. The van der Waals surface area contributed by atoms with Crippen LogP contribution in [0.5, 0.6) is 0 Å². The number of hydrogen-bond donors (Lipinski definition) is 0. The first-order valence-electron chi connectivity index (χ1n) is 3.46. The maximum absolute atomic E-state index is 5.23. The second-order valence-corrected chi connectivity index (χ2v) is 2.96. The van der Waals surface area contributed by atoms with E-state index in [9.17, 15) is 0 Å². The van der Waals surface area contributed by atoms with Gasteiger partial charge in [0.2, 0.25) is 0 Å². The summed E-state index contributed by atoms with van der Waals surface area (Å²) in [6.07, 6.45) is 4.99. The molecule has 0 amide bonds. The molecule has 0 aromatic heterocycles. The molecule has 0 saturated heterocycles. The Balaban J connectivity index is 1.94. The zero-order chi connectivity index (χ0) is 5.56. The fourth-order valence-corrected chi connectivity index (χ4v) is 2.11.